The van der Waals surface area contributed by atoms with Gasteiger partial charge in [0.2, 0.25) is 0 Å². The van der Waals surface area contributed by atoms with Gasteiger partial charge in [-0.3, -0.25) is 19.9 Å². The minimum absolute atomic E-state index is 0.0214. The van der Waals surface area contributed by atoms with Crippen molar-refractivity contribution in [1.29, 1.82) is 0 Å². The van der Waals surface area contributed by atoms with Crippen molar-refractivity contribution in [1.82, 2.24) is 4.98 Å². The molecule has 96 valence electrons. The molecule has 0 fully saturated rings. The Morgan fingerprint density at radius 3 is 2.63 bits per heavy atom. The van der Waals surface area contributed by atoms with Gasteiger partial charge in [0.25, 0.3) is 11.6 Å². The second-order valence-corrected chi connectivity index (χ2v) is 3.92. The Morgan fingerprint density at radius 1 is 1.26 bits per heavy atom. The largest absolute Gasteiger partial charge is 0.320 e. The zero-order valence-corrected chi connectivity index (χ0v) is 10.2. The fourth-order valence-electron chi connectivity index (χ4n) is 1.57. The predicted molar refractivity (Wildman–Crippen MR) is 70.0 cm³/mol. The highest BCUT2D eigenvalue weighted by molar-refractivity contribution is 6.06. The first kappa shape index (κ1) is 12.7. The molecule has 0 radical (unpaired) electrons. The van der Waals surface area contributed by atoms with Crippen molar-refractivity contribution in [2.45, 2.75) is 6.92 Å². The zero-order chi connectivity index (χ0) is 13.8. The summed E-state index contributed by atoms with van der Waals surface area (Å²) in [6, 6.07) is 9.24. The topological polar surface area (TPSA) is 85.1 Å². The first-order valence-electron chi connectivity index (χ1n) is 5.55. The molecule has 0 unspecified atom stereocenters. The van der Waals surface area contributed by atoms with Gasteiger partial charge in [0, 0.05) is 11.8 Å². The van der Waals surface area contributed by atoms with Gasteiger partial charge in [-0.1, -0.05) is 12.1 Å². The molecule has 0 spiro atoms. The fourth-order valence-corrected chi connectivity index (χ4v) is 1.57. The first-order chi connectivity index (χ1) is 9.08. The number of nitrogens with one attached hydrogen (secondary N) is 1. The summed E-state index contributed by atoms with van der Waals surface area (Å²) in [7, 11) is 0. The molecule has 1 aromatic heterocycles. The predicted octanol–water partition coefficient (Wildman–Crippen LogP) is 2.55. The van der Waals surface area contributed by atoms with Crippen molar-refractivity contribution >= 4 is 17.3 Å². The fraction of sp³-hybridized carbons (Fsp3) is 0.0769. The van der Waals surface area contributed by atoms with Crippen LogP contribution in [0.25, 0.3) is 0 Å². The van der Waals surface area contributed by atoms with Crippen LogP contribution in [0.1, 0.15) is 16.1 Å². The molecule has 2 aromatic rings. The van der Waals surface area contributed by atoms with Crippen molar-refractivity contribution in [3.8, 4) is 0 Å². The van der Waals surface area contributed by atoms with Crippen molar-refractivity contribution in [3.05, 3.63) is 64.0 Å². The first-order valence-corrected chi connectivity index (χ1v) is 5.55. The Hall–Kier alpha value is -2.76. The third-order valence-corrected chi connectivity index (χ3v) is 2.51. The van der Waals surface area contributed by atoms with Crippen molar-refractivity contribution in [2.75, 3.05) is 5.32 Å². The van der Waals surface area contributed by atoms with Crippen molar-refractivity contribution in [3.63, 3.8) is 0 Å². The average molecular weight is 257 g/mol. The van der Waals surface area contributed by atoms with E-state index in [1.807, 2.05) is 6.92 Å². The van der Waals surface area contributed by atoms with E-state index in [0.717, 1.165) is 5.69 Å². The maximum absolute atomic E-state index is 12.0. The maximum atomic E-state index is 12.0. The van der Waals surface area contributed by atoms with Gasteiger partial charge in [-0.05, 0) is 25.1 Å². The van der Waals surface area contributed by atoms with Crippen LogP contribution < -0.4 is 5.32 Å². The Balaban J connectivity index is 2.25. The number of hydrogen-bond acceptors (Lipinski definition) is 4. The number of amides is 1. The second-order valence-electron chi connectivity index (χ2n) is 3.92. The molecule has 0 bridgehead atoms. The maximum Gasteiger partial charge on any atom is 0.282 e. The summed E-state index contributed by atoms with van der Waals surface area (Å²) in [5, 5.41) is 13.4. The smallest absolute Gasteiger partial charge is 0.282 e. The number of carbonyl (C=O) groups is 1. The molecule has 19 heavy (non-hydrogen) atoms. The van der Waals surface area contributed by atoms with Crippen molar-refractivity contribution in [2.24, 2.45) is 0 Å². The van der Waals surface area contributed by atoms with Crippen LogP contribution in [0, 0.1) is 17.0 Å². The molecule has 0 aliphatic rings. The summed E-state index contributed by atoms with van der Waals surface area (Å²) in [4.78, 5) is 26.3. The summed E-state index contributed by atoms with van der Waals surface area (Å²) < 4.78 is 0. The number of rotatable bonds is 3. The van der Waals surface area contributed by atoms with E-state index in [-0.39, 0.29) is 11.3 Å². The third-order valence-electron chi connectivity index (χ3n) is 2.51. The lowest BCUT2D eigenvalue weighted by Gasteiger charge is -2.05. The van der Waals surface area contributed by atoms with E-state index in [9.17, 15) is 14.9 Å². The lowest BCUT2D eigenvalue weighted by Crippen LogP contribution is -2.14. The highest BCUT2D eigenvalue weighted by Gasteiger charge is 2.19. The number of anilines is 1. The van der Waals surface area contributed by atoms with Crippen LogP contribution in [0.3, 0.4) is 0 Å². The molecule has 6 heteroatoms. The van der Waals surface area contributed by atoms with Gasteiger partial charge in [0.05, 0.1) is 16.8 Å². The third kappa shape index (κ3) is 2.92. The minimum atomic E-state index is -0.581. The summed E-state index contributed by atoms with van der Waals surface area (Å²) in [6.45, 7) is 1.83. The number of hydrogen-bond donors (Lipinski definition) is 1. The highest BCUT2D eigenvalue weighted by Crippen LogP contribution is 2.19. The molecule has 0 aliphatic carbocycles. The Bertz CT molecular complexity index is 623. The van der Waals surface area contributed by atoms with Gasteiger partial charge < -0.3 is 5.32 Å². The van der Waals surface area contributed by atoms with Gasteiger partial charge in [-0.25, -0.2) is 0 Å². The highest BCUT2D eigenvalue weighted by atomic mass is 16.6. The van der Waals surface area contributed by atoms with E-state index >= 15 is 0 Å². The van der Waals surface area contributed by atoms with Crippen LogP contribution in [0.2, 0.25) is 0 Å². The van der Waals surface area contributed by atoms with E-state index in [1.54, 1.807) is 18.2 Å². The zero-order valence-electron chi connectivity index (χ0n) is 10.2. The number of benzene rings is 1. The monoisotopic (exact) mass is 257 g/mol. The van der Waals surface area contributed by atoms with E-state index in [2.05, 4.69) is 10.3 Å². The standard InChI is InChI=1S/C13H11N3O3/c1-9-6-7-10(8-14-9)15-13(17)11-4-2-3-5-12(11)16(18)19/h2-8H,1H3,(H,15,17). The average Bonchev–Trinajstić information content (AvgIpc) is 2.41. The van der Waals surface area contributed by atoms with E-state index in [1.165, 1.54) is 24.4 Å². The van der Waals surface area contributed by atoms with Crippen LogP contribution in [0.5, 0.6) is 0 Å². The Labute approximate surface area is 109 Å². The lowest BCUT2D eigenvalue weighted by atomic mass is 10.1. The summed E-state index contributed by atoms with van der Waals surface area (Å²) in [5.74, 6) is -0.530. The normalized spacial score (nSPS) is 9.95. The summed E-state index contributed by atoms with van der Waals surface area (Å²) >= 11 is 0. The number of nitrogens with zero attached hydrogens (tertiary/aromatic N) is 2. The molecule has 0 aliphatic heterocycles. The van der Waals surface area contributed by atoms with Crippen LogP contribution in [-0.2, 0) is 0 Å². The molecule has 1 N–H and O–H groups in total. The number of aromatic nitrogens is 1. The van der Waals surface area contributed by atoms with Gasteiger partial charge in [0.15, 0.2) is 0 Å². The van der Waals surface area contributed by atoms with Gasteiger partial charge in [-0.15, -0.1) is 0 Å². The van der Waals surface area contributed by atoms with E-state index in [4.69, 9.17) is 0 Å². The van der Waals surface area contributed by atoms with Gasteiger partial charge in [-0.2, -0.15) is 0 Å². The SMILES string of the molecule is Cc1ccc(NC(=O)c2ccccc2[N+](=O)[O-])cn1. The van der Waals surface area contributed by atoms with E-state index < -0.39 is 10.8 Å². The van der Waals surface area contributed by atoms with E-state index in [0.29, 0.717) is 5.69 Å². The van der Waals surface area contributed by atoms with Crippen LogP contribution in [0.4, 0.5) is 11.4 Å². The van der Waals surface area contributed by atoms with Crippen LogP contribution >= 0.6 is 0 Å². The van der Waals surface area contributed by atoms with Gasteiger partial charge in [0.1, 0.15) is 5.56 Å². The number of carbonyl (C=O) groups excluding carboxylic acids is 1. The molecular weight excluding hydrogens is 246 g/mol. The lowest BCUT2D eigenvalue weighted by molar-refractivity contribution is -0.385. The second kappa shape index (κ2) is 5.26. The molecule has 1 aromatic carbocycles. The number of nitro benzene ring substituents is 1. The van der Waals surface area contributed by atoms with Crippen LogP contribution in [0.15, 0.2) is 42.6 Å². The van der Waals surface area contributed by atoms with Crippen LogP contribution in [-0.4, -0.2) is 15.8 Å². The molecule has 0 saturated carbocycles. The number of nitro groups is 1. The Morgan fingerprint density at radius 2 is 2.00 bits per heavy atom. The van der Waals surface area contributed by atoms with Gasteiger partial charge >= 0.3 is 0 Å². The summed E-state index contributed by atoms with van der Waals surface area (Å²) in [5.41, 5.74) is 1.12. The Kier molecular flexibility index (Phi) is 3.51. The number of pyridine rings is 1. The molecule has 1 amide bonds. The molecule has 1 heterocycles. The molecule has 6 nitrogen and oxygen atoms in total. The minimum Gasteiger partial charge on any atom is -0.320 e. The summed E-state index contributed by atoms with van der Waals surface area (Å²) in [6.07, 6.45) is 1.50. The molecule has 0 saturated heterocycles. The quantitative estimate of drug-likeness (QED) is 0.676. The molecule has 2 rings (SSSR count). The number of aryl methyl sites for hydroxylation is 1. The number of para-hydroxylation sites is 1. The molecular formula is C13H11N3O3. The molecule has 0 atom stereocenters. The van der Waals surface area contributed by atoms with Crippen molar-refractivity contribution < 1.29 is 9.72 Å².